The number of nitrogens with zero attached hydrogens (tertiary/aromatic N) is 4. The van der Waals surface area contributed by atoms with Gasteiger partial charge < -0.3 is 0 Å². The average molecular weight is 525 g/mol. The van der Waals surface area contributed by atoms with Gasteiger partial charge in [0.15, 0.2) is 5.84 Å². The van der Waals surface area contributed by atoms with Crippen molar-refractivity contribution in [3.05, 3.63) is 115 Å². The van der Waals surface area contributed by atoms with E-state index in [2.05, 4.69) is 25.4 Å². The minimum atomic E-state index is -3.72. The normalized spacial score (nSPS) is 16.7. The Morgan fingerprint density at radius 2 is 1.42 bits per heavy atom. The van der Waals surface area contributed by atoms with Crippen LogP contribution < -0.4 is 15.2 Å². The molecule has 0 bridgehead atoms. The zero-order valence-corrected chi connectivity index (χ0v) is 21.2. The van der Waals surface area contributed by atoms with Crippen molar-refractivity contribution in [2.24, 2.45) is 15.2 Å². The monoisotopic (exact) mass is 524 g/mol. The molecule has 1 fully saturated rings. The van der Waals surface area contributed by atoms with Gasteiger partial charge >= 0.3 is 0 Å². The fraction of sp³-hybridized carbons (Fsp3) is 0.0714. The Balaban J connectivity index is 1.36. The van der Waals surface area contributed by atoms with Crippen LogP contribution in [-0.2, 0) is 14.8 Å². The molecule has 0 spiro atoms. The van der Waals surface area contributed by atoms with E-state index in [1.165, 1.54) is 5.01 Å². The lowest BCUT2D eigenvalue weighted by molar-refractivity contribution is -0.117. The van der Waals surface area contributed by atoms with Gasteiger partial charge in [0.25, 0.3) is 15.9 Å². The number of amidine groups is 1. The van der Waals surface area contributed by atoms with Crippen LogP contribution in [0.15, 0.2) is 129 Å². The van der Waals surface area contributed by atoms with Gasteiger partial charge in [0.05, 0.1) is 22.0 Å². The molecule has 5 rings (SSSR count). The molecule has 4 aromatic carbocycles. The van der Waals surface area contributed by atoms with E-state index in [9.17, 15) is 13.2 Å². The highest BCUT2D eigenvalue weighted by Gasteiger charge is 2.39. The Morgan fingerprint density at radius 3 is 2.08 bits per heavy atom. The molecule has 0 radical (unpaired) electrons. The van der Waals surface area contributed by atoms with Gasteiger partial charge in [0.2, 0.25) is 6.04 Å². The average Bonchev–Trinajstić information content (AvgIpc) is 3.24. The van der Waals surface area contributed by atoms with Gasteiger partial charge in [0, 0.05) is 5.69 Å². The zero-order valence-electron chi connectivity index (χ0n) is 20.4. The molecule has 1 amide bonds. The van der Waals surface area contributed by atoms with Gasteiger partial charge in [-0.25, -0.2) is 18.4 Å². The van der Waals surface area contributed by atoms with Gasteiger partial charge in [-0.3, -0.25) is 14.9 Å². The first kappa shape index (κ1) is 24.8. The number of anilines is 2. The van der Waals surface area contributed by atoms with Gasteiger partial charge in [-0.1, -0.05) is 54.1 Å². The van der Waals surface area contributed by atoms with Crippen LogP contribution in [0.4, 0.5) is 22.7 Å². The van der Waals surface area contributed by atoms with Crippen LogP contribution in [0.5, 0.6) is 0 Å². The zero-order chi connectivity index (χ0) is 26.5. The number of nitrogens with one attached hydrogen (secondary N) is 2. The molecular formula is C28H24N6O3S. The molecule has 0 aromatic heterocycles. The van der Waals surface area contributed by atoms with E-state index in [1.54, 1.807) is 60.7 Å². The molecule has 1 atom stereocenters. The van der Waals surface area contributed by atoms with E-state index >= 15 is 0 Å². The third-order valence-electron chi connectivity index (χ3n) is 5.70. The molecule has 38 heavy (non-hydrogen) atoms. The topological polar surface area (TPSA) is 116 Å². The highest BCUT2D eigenvalue weighted by molar-refractivity contribution is 7.92. The molecule has 1 heterocycles. The van der Waals surface area contributed by atoms with Crippen LogP contribution in [0.2, 0.25) is 0 Å². The van der Waals surface area contributed by atoms with Crippen molar-refractivity contribution in [2.45, 2.75) is 17.9 Å². The Labute approximate surface area is 220 Å². The fourth-order valence-corrected chi connectivity index (χ4v) is 4.78. The number of azo groups is 1. The lowest BCUT2D eigenvalue weighted by Crippen LogP contribution is -2.35. The molecule has 0 unspecified atom stereocenters. The summed E-state index contributed by atoms with van der Waals surface area (Å²) in [4.78, 5) is 18.0. The first-order valence-electron chi connectivity index (χ1n) is 11.8. The van der Waals surface area contributed by atoms with Crippen molar-refractivity contribution in [1.82, 2.24) is 5.43 Å². The summed E-state index contributed by atoms with van der Waals surface area (Å²) >= 11 is 0. The van der Waals surface area contributed by atoms with Crippen molar-refractivity contribution in [3.63, 3.8) is 0 Å². The first-order chi connectivity index (χ1) is 18.4. The Morgan fingerprint density at radius 1 is 0.789 bits per heavy atom. The van der Waals surface area contributed by atoms with Crippen molar-refractivity contribution in [3.8, 4) is 0 Å². The maximum absolute atomic E-state index is 13.2. The minimum Gasteiger partial charge on any atom is -0.280 e. The molecule has 190 valence electrons. The van der Waals surface area contributed by atoms with E-state index < -0.39 is 16.1 Å². The number of aryl methyl sites for hydroxylation is 1. The Kier molecular flexibility index (Phi) is 6.96. The van der Waals surface area contributed by atoms with Crippen LogP contribution >= 0.6 is 0 Å². The highest BCUT2D eigenvalue weighted by atomic mass is 32.2. The van der Waals surface area contributed by atoms with Crippen molar-refractivity contribution >= 4 is 44.5 Å². The van der Waals surface area contributed by atoms with E-state index in [1.807, 2.05) is 55.5 Å². The summed E-state index contributed by atoms with van der Waals surface area (Å²) in [5.41, 5.74) is 6.17. The number of aliphatic imine (C=N–C) groups is 1. The number of hydrazine groups is 1. The molecule has 1 saturated heterocycles. The minimum absolute atomic E-state index is 0.173. The molecule has 0 aliphatic carbocycles. The van der Waals surface area contributed by atoms with Crippen molar-refractivity contribution in [1.29, 1.82) is 0 Å². The predicted octanol–water partition coefficient (Wildman–Crippen LogP) is 5.53. The summed E-state index contributed by atoms with van der Waals surface area (Å²) in [6.45, 7) is 1.89. The van der Waals surface area contributed by atoms with E-state index in [0.29, 0.717) is 28.6 Å². The summed E-state index contributed by atoms with van der Waals surface area (Å²) in [5.74, 6) is 0.0217. The molecular weight excluding hydrogens is 500 g/mol. The SMILES string of the molecule is Cc1ccc(S(=O)(=O)Nc2ccc(N=N[C@H]3C(=O)N(c4ccccc4)NC3=Nc3ccccc3)cc2)cc1. The van der Waals surface area contributed by atoms with Crippen LogP contribution in [0.3, 0.4) is 0 Å². The standard InChI is InChI=1S/C28H24N6O3S/c1-20-12-18-25(19-13-20)38(36,37)33-23-16-14-22(15-17-23)30-31-26-27(29-21-8-4-2-5-9-21)32-34(28(26)35)24-10-6-3-7-11-24/h2-19,26,33H,1H3,(H,29,32)/t26-/m1/s1. The quantitative estimate of drug-likeness (QED) is 0.309. The fourth-order valence-electron chi connectivity index (χ4n) is 3.72. The number of amides is 1. The Hall–Kier alpha value is -4.83. The molecule has 1 aliphatic heterocycles. The molecule has 1 aliphatic rings. The predicted molar refractivity (Wildman–Crippen MR) is 147 cm³/mol. The lowest BCUT2D eigenvalue weighted by atomic mass is 10.2. The molecule has 0 saturated carbocycles. The van der Waals surface area contributed by atoms with Gasteiger partial charge in [-0.2, -0.15) is 10.2 Å². The summed E-state index contributed by atoms with van der Waals surface area (Å²) in [5, 5.41) is 9.93. The number of carbonyl (C=O) groups is 1. The first-order valence-corrected chi connectivity index (χ1v) is 13.3. The second-order valence-electron chi connectivity index (χ2n) is 8.54. The summed E-state index contributed by atoms with van der Waals surface area (Å²) in [6.07, 6.45) is 0. The van der Waals surface area contributed by atoms with Gasteiger partial charge in [-0.05, 0) is 67.6 Å². The van der Waals surface area contributed by atoms with Crippen LogP contribution in [0.25, 0.3) is 0 Å². The summed E-state index contributed by atoms with van der Waals surface area (Å²) in [7, 11) is -3.72. The number of sulfonamides is 1. The molecule has 9 nitrogen and oxygen atoms in total. The van der Waals surface area contributed by atoms with E-state index in [4.69, 9.17) is 0 Å². The van der Waals surface area contributed by atoms with E-state index in [0.717, 1.165) is 5.56 Å². The maximum atomic E-state index is 13.2. The largest absolute Gasteiger partial charge is 0.280 e. The van der Waals surface area contributed by atoms with Gasteiger partial charge in [-0.15, -0.1) is 0 Å². The van der Waals surface area contributed by atoms with E-state index in [-0.39, 0.29) is 10.8 Å². The van der Waals surface area contributed by atoms with Gasteiger partial charge in [0.1, 0.15) is 0 Å². The summed E-state index contributed by atoms with van der Waals surface area (Å²) in [6, 6.07) is 30.4. The second-order valence-corrected chi connectivity index (χ2v) is 10.2. The lowest BCUT2D eigenvalue weighted by Gasteiger charge is -2.15. The number of benzene rings is 4. The number of hydrogen-bond donors (Lipinski definition) is 2. The second kappa shape index (κ2) is 10.7. The molecule has 4 aromatic rings. The van der Waals surface area contributed by atoms with Crippen LogP contribution in [0, 0.1) is 6.92 Å². The number of carbonyl (C=O) groups excluding carboxylic acids is 1. The smallest absolute Gasteiger partial charge is 0.280 e. The molecule has 10 heteroatoms. The van der Waals surface area contributed by atoms with Crippen LogP contribution in [-0.4, -0.2) is 26.2 Å². The number of rotatable bonds is 7. The van der Waals surface area contributed by atoms with Crippen molar-refractivity contribution in [2.75, 3.05) is 9.73 Å². The third kappa shape index (κ3) is 5.60. The highest BCUT2D eigenvalue weighted by Crippen LogP contribution is 2.24. The summed E-state index contributed by atoms with van der Waals surface area (Å²) < 4.78 is 27.9. The number of hydrogen-bond acceptors (Lipinski definition) is 6. The number of para-hydroxylation sites is 2. The van der Waals surface area contributed by atoms with Crippen LogP contribution in [0.1, 0.15) is 5.56 Å². The third-order valence-corrected chi connectivity index (χ3v) is 7.10. The molecule has 2 N–H and O–H groups in total. The van der Waals surface area contributed by atoms with Crippen molar-refractivity contribution < 1.29 is 13.2 Å². The Bertz CT molecular complexity index is 1590. The maximum Gasteiger partial charge on any atom is 0.280 e.